The Bertz CT molecular complexity index is 472. The van der Waals surface area contributed by atoms with E-state index in [1.807, 2.05) is 0 Å². The van der Waals surface area contributed by atoms with Gasteiger partial charge >= 0.3 is 0 Å². The normalized spacial score (nSPS) is 24.9. The highest BCUT2D eigenvalue weighted by atomic mass is 32.2. The van der Waals surface area contributed by atoms with E-state index in [2.05, 4.69) is 5.32 Å². The predicted molar refractivity (Wildman–Crippen MR) is 57.8 cm³/mol. The van der Waals surface area contributed by atoms with Crippen LogP contribution in [0.4, 0.5) is 5.69 Å². The Labute approximate surface area is 88.5 Å². The Morgan fingerprint density at radius 3 is 2.47 bits per heavy atom. The van der Waals surface area contributed by atoms with E-state index in [-0.39, 0.29) is 17.0 Å². The van der Waals surface area contributed by atoms with Crippen molar-refractivity contribution in [2.45, 2.75) is 23.4 Å². The molecule has 1 fully saturated rings. The van der Waals surface area contributed by atoms with Crippen molar-refractivity contribution >= 4 is 15.7 Å². The van der Waals surface area contributed by atoms with E-state index in [1.54, 1.807) is 18.2 Å². The molecule has 1 aliphatic rings. The molecule has 0 spiro atoms. The third kappa shape index (κ3) is 2.28. The van der Waals surface area contributed by atoms with Crippen LogP contribution in [0.3, 0.4) is 0 Å². The second-order valence-electron chi connectivity index (χ2n) is 3.69. The molecule has 5 N–H and O–H groups in total. The maximum absolute atomic E-state index is 11.2. The maximum Gasteiger partial charge on any atom is 0.240 e. The number of para-hydroxylation sites is 1. The van der Waals surface area contributed by atoms with E-state index in [1.165, 1.54) is 6.07 Å². The molecule has 1 saturated carbocycles. The molecule has 2 rings (SSSR count). The highest BCUT2D eigenvalue weighted by Gasteiger charge is 2.34. The Morgan fingerprint density at radius 1 is 1.33 bits per heavy atom. The quantitative estimate of drug-likeness (QED) is 0.668. The molecule has 0 bridgehead atoms. The number of sulfonamides is 1. The number of hydrogen-bond donors (Lipinski definition) is 3. The fourth-order valence-electron chi connectivity index (χ4n) is 1.41. The fourth-order valence-corrected chi connectivity index (χ4v) is 2.12. The molecule has 2 atom stereocenters. The van der Waals surface area contributed by atoms with Gasteiger partial charge in [0.2, 0.25) is 10.0 Å². The lowest BCUT2D eigenvalue weighted by molar-refractivity contribution is 0.598. The third-order valence-electron chi connectivity index (χ3n) is 2.37. The highest BCUT2D eigenvalue weighted by Crippen LogP contribution is 2.27. The van der Waals surface area contributed by atoms with Gasteiger partial charge in [0.25, 0.3) is 0 Å². The van der Waals surface area contributed by atoms with Crippen LogP contribution in [0.25, 0.3) is 0 Å². The summed E-state index contributed by atoms with van der Waals surface area (Å²) in [5, 5.41) is 8.15. The van der Waals surface area contributed by atoms with Gasteiger partial charge in [-0.3, -0.25) is 0 Å². The zero-order chi connectivity index (χ0) is 11.1. The van der Waals surface area contributed by atoms with Crippen LogP contribution in [-0.4, -0.2) is 20.5 Å². The molecular weight excluding hydrogens is 214 g/mol. The maximum atomic E-state index is 11.2. The van der Waals surface area contributed by atoms with Crippen LogP contribution in [0.5, 0.6) is 0 Å². The molecule has 2 unspecified atom stereocenters. The lowest BCUT2D eigenvalue weighted by atomic mass is 10.3. The molecule has 1 aliphatic carbocycles. The number of hydrogen-bond acceptors (Lipinski definition) is 4. The standard InChI is InChI=1S/C9H13N3O2S/c10-6-5-8(6)12-7-3-1-2-4-9(7)15(11,13)14/h1-4,6,8,12H,5,10H2,(H2,11,13,14). The van der Waals surface area contributed by atoms with Gasteiger partial charge in [0.15, 0.2) is 0 Å². The molecule has 1 aromatic carbocycles. The van der Waals surface area contributed by atoms with Crippen molar-refractivity contribution in [1.29, 1.82) is 0 Å². The minimum Gasteiger partial charge on any atom is -0.380 e. The number of primary sulfonamides is 1. The second kappa shape index (κ2) is 3.48. The van der Waals surface area contributed by atoms with Crippen molar-refractivity contribution in [1.82, 2.24) is 0 Å². The summed E-state index contributed by atoms with van der Waals surface area (Å²) in [5.74, 6) is 0. The highest BCUT2D eigenvalue weighted by molar-refractivity contribution is 7.89. The average molecular weight is 227 g/mol. The van der Waals surface area contributed by atoms with Crippen molar-refractivity contribution < 1.29 is 8.42 Å². The van der Waals surface area contributed by atoms with Crippen molar-refractivity contribution in [3.63, 3.8) is 0 Å². The molecule has 1 aromatic rings. The number of nitrogens with one attached hydrogen (secondary N) is 1. The van der Waals surface area contributed by atoms with Crippen LogP contribution in [0.15, 0.2) is 29.2 Å². The van der Waals surface area contributed by atoms with Crippen molar-refractivity contribution in [2.75, 3.05) is 5.32 Å². The van der Waals surface area contributed by atoms with Crippen molar-refractivity contribution in [3.05, 3.63) is 24.3 Å². The number of benzene rings is 1. The summed E-state index contributed by atoms with van der Waals surface area (Å²) in [6.07, 6.45) is 0.860. The van der Waals surface area contributed by atoms with Crippen molar-refractivity contribution in [2.24, 2.45) is 10.9 Å². The van der Waals surface area contributed by atoms with E-state index in [0.717, 1.165) is 6.42 Å². The summed E-state index contributed by atoms with van der Waals surface area (Å²) in [6.45, 7) is 0. The lowest BCUT2D eigenvalue weighted by Gasteiger charge is -2.09. The summed E-state index contributed by atoms with van der Waals surface area (Å²) in [6, 6.07) is 6.82. The van der Waals surface area contributed by atoms with Gasteiger partial charge in [0, 0.05) is 12.1 Å². The first kappa shape index (κ1) is 10.4. The summed E-state index contributed by atoms with van der Waals surface area (Å²) >= 11 is 0. The van der Waals surface area contributed by atoms with Gasteiger partial charge in [-0.2, -0.15) is 0 Å². The van der Waals surface area contributed by atoms with Gasteiger partial charge in [-0.05, 0) is 18.6 Å². The van der Waals surface area contributed by atoms with Gasteiger partial charge in [-0.25, -0.2) is 13.6 Å². The number of anilines is 1. The Hall–Kier alpha value is -1.11. The first-order valence-corrected chi connectivity index (χ1v) is 6.17. The zero-order valence-electron chi connectivity index (χ0n) is 8.05. The third-order valence-corrected chi connectivity index (χ3v) is 3.34. The van der Waals surface area contributed by atoms with E-state index in [0.29, 0.717) is 5.69 Å². The number of rotatable bonds is 3. The van der Waals surface area contributed by atoms with E-state index in [4.69, 9.17) is 10.9 Å². The van der Waals surface area contributed by atoms with Crippen LogP contribution >= 0.6 is 0 Å². The van der Waals surface area contributed by atoms with E-state index in [9.17, 15) is 8.42 Å². The van der Waals surface area contributed by atoms with Gasteiger partial charge in [0.05, 0.1) is 5.69 Å². The molecule has 0 aromatic heterocycles. The topological polar surface area (TPSA) is 98.2 Å². The van der Waals surface area contributed by atoms with Crippen molar-refractivity contribution in [3.8, 4) is 0 Å². The van der Waals surface area contributed by atoms with E-state index < -0.39 is 10.0 Å². The first-order chi connectivity index (χ1) is 6.98. The Balaban J connectivity index is 2.30. The smallest absolute Gasteiger partial charge is 0.240 e. The van der Waals surface area contributed by atoms with Crippen LogP contribution < -0.4 is 16.2 Å². The first-order valence-electron chi connectivity index (χ1n) is 4.62. The van der Waals surface area contributed by atoms with E-state index >= 15 is 0 Å². The van der Waals surface area contributed by atoms with Crippen LogP contribution in [-0.2, 0) is 10.0 Å². The molecule has 0 aliphatic heterocycles. The summed E-state index contributed by atoms with van der Waals surface area (Å²) < 4.78 is 22.5. The second-order valence-corrected chi connectivity index (χ2v) is 5.22. The summed E-state index contributed by atoms with van der Waals surface area (Å²) in [7, 11) is -3.67. The molecule has 5 nitrogen and oxygen atoms in total. The number of nitrogens with two attached hydrogens (primary N) is 2. The molecule has 0 heterocycles. The van der Waals surface area contributed by atoms with Gasteiger partial charge in [0.1, 0.15) is 4.90 Å². The monoisotopic (exact) mass is 227 g/mol. The average Bonchev–Trinajstić information content (AvgIpc) is 2.81. The molecule has 82 valence electrons. The minimum atomic E-state index is -3.67. The van der Waals surface area contributed by atoms with Gasteiger partial charge in [-0.15, -0.1) is 0 Å². The van der Waals surface area contributed by atoms with Crippen LogP contribution in [0, 0.1) is 0 Å². The summed E-state index contributed by atoms with van der Waals surface area (Å²) in [4.78, 5) is 0.115. The molecule has 6 heteroatoms. The largest absolute Gasteiger partial charge is 0.380 e. The molecular formula is C9H13N3O2S. The minimum absolute atomic E-state index is 0.110. The molecule has 0 amide bonds. The van der Waals surface area contributed by atoms with Gasteiger partial charge in [-0.1, -0.05) is 12.1 Å². The molecule has 15 heavy (non-hydrogen) atoms. The van der Waals surface area contributed by atoms with Gasteiger partial charge < -0.3 is 11.1 Å². The van der Waals surface area contributed by atoms with Crippen LogP contribution in [0.2, 0.25) is 0 Å². The lowest BCUT2D eigenvalue weighted by Crippen LogP contribution is -2.18. The zero-order valence-corrected chi connectivity index (χ0v) is 8.87. The molecule has 0 saturated heterocycles. The predicted octanol–water partition coefficient (Wildman–Crippen LogP) is -0.154. The SMILES string of the molecule is NC1CC1Nc1ccccc1S(N)(=O)=O. The Kier molecular flexibility index (Phi) is 2.41. The summed E-state index contributed by atoms with van der Waals surface area (Å²) in [5.41, 5.74) is 6.16. The fraction of sp³-hybridized carbons (Fsp3) is 0.333. The molecule has 0 radical (unpaired) electrons. The Morgan fingerprint density at radius 2 is 1.93 bits per heavy atom. The van der Waals surface area contributed by atoms with Crippen LogP contribution in [0.1, 0.15) is 6.42 Å².